The molecular weight excluding hydrogens is 240 g/mol. The predicted molar refractivity (Wildman–Crippen MR) is 78.7 cm³/mol. The molecule has 0 fully saturated rings. The zero-order valence-electron chi connectivity index (χ0n) is 12.4. The van der Waals surface area contributed by atoms with Gasteiger partial charge >= 0.3 is 0 Å². The molecule has 0 aliphatic carbocycles. The number of aryl methyl sites for hydroxylation is 1. The number of methoxy groups -OCH3 is 1. The molecule has 1 unspecified atom stereocenters. The average Bonchev–Trinajstić information content (AvgIpc) is 2.36. The minimum atomic E-state index is 0.0106. The summed E-state index contributed by atoms with van der Waals surface area (Å²) < 4.78 is 5.15. The number of benzene rings is 1. The van der Waals surface area contributed by atoms with Crippen molar-refractivity contribution in [3.8, 4) is 5.75 Å². The lowest BCUT2D eigenvalue weighted by Gasteiger charge is -2.18. The molecule has 4 nitrogen and oxygen atoms in total. The molecule has 19 heavy (non-hydrogen) atoms. The number of hydrogen-bond acceptors (Lipinski definition) is 3. The van der Waals surface area contributed by atoms with Gasteiger partial charge in [-0.1, -0.05) is 13.8 Å². The lowest BCUT2D eigenvalue weighted by molar-refractivity contribution is -0.120. The summed E-state index contributed by atoms with van der Waals surface area (Å²) in [6.45, 7) is 8.46. The van der Waals surface area contributed by atoms with Gasteiger partial charge in [0.15, 0.2) is 0 Å². The third-order valence-electron chi connectivity index (χ3n) is 3.26. The smallest absolute Gasteiger partial charge is 0.239 e. The molecule has 106 valence electrons. The summed E-state index contributed by atoms with van der Waals surface area (Å²) in [4.78, 5) is 11.8. The average molecular weight is 264 g/mol. The fourth-order valence-electron chi connectivity index (χ4n) is 1.61. The molecule has 1 amide bonds. The van der Waals surface area contributed by atoms with Gasteiger partial charge in [0.1, 0.15) is 5.75 Å². The second kappa shape index (κ2) is 7.02. The van der Waals surface area contributed by atoms with Crippen molar-refractivity contribution in [3.63, 3.8) is 0 Å². The maximum absolute atomic E-state index is 11.8. The van der Waals surface area contributed by atoms with Crippen LogP contribution in [0.5, 0.6) is 5.75 Å². The largest absolute Gasteiger partial charge is 0.497 e. The van der Waals surface area contributed by atoms with E-state index < -0.39 is 0 Å². The van der Waals surface area contributed by atoms with E-state index in [9.17, 15) is 4.79 Å². The van der Waals surface area contributed by atoms with Gasteiger partial charge in [0.25, 0.3) is 0 Å². The number of carbonyl (C=O) groups excluding carboxylic acids is 1. The molecule has 0 saturated carbocycles. The number of hydrogen-bond donors (Lipinski definition) is 2. The minimum Gasteiger partial charge on any atom is -0.497 e. The van der Waals surface area contributed by atoms with Gasteiger partial charge in [-0.2, -0.15) is 0 Å². The molecule has 1 atom stereocenters. The van der Waals surface area contributed by atoms with Gasteiger partial charge in [0.2, 0.25) is 5.91 Å². The topological polar surface area (TPSA) is 50.4 Å². The number of carbonyl (C=O) groups is 1. The van der Waals surface area contributed by atoms with Crippen molar-refractivity contribution < 1.29 is 9.53 Å². The second-order valence-corrected chi connectivity index (χ2v) is 5.13. The predicted octanol–water partition coefficient (Wildman–Crippen LogP) is 2.58. The number of amides is 1. The Hall–Kier alpha value is -1.71. The molecule has 1 rings (SSSR count). The number of nitrogens with one attached hydrogen (secondary N) is 2. The summed E-state index contributed by atoms with van der Waals surface area (Å²) in [6, 6.07) is 5.93. The van der Waals surface area contributed by atoms with Crippen LogP contribution in [-0.4, -0.2) is 25.6 Å². The van der Waals surface area contributed by atoms with Crippen LogP contribution in [0.3, 0.4) is 0 Å². The van der Waals surface area contributed by atoms with E-state index in [1.165, 1.54) is 0 Å². The lowest BCUT2D eigenvalue weighted by atomic mass is 10.1. The van der Waals surface area contributed by atoms with Crippen LogP contribution in [0.2, 0.25) is 0 Å². The lowest BCUT2D eigenvalue weighted by Crippen LogP contribution is -2.39. The van der Waals surface area contributed by atoms with E-state index >= 15 is 0 Å². The van der Waals surface area contributed by atoms with Gasteiger partial charge in [-0.05, 0) is 43.5 Å². The normalized spacial score (nSPS) is 12.1. The van der Waals surface area contributed by atoms with Crippen LogP contribution in [-0.2, 0) is 4.79 Å². The fourth-order valence-corrected chi connectivity index (χ4v) is 1.61. The van der Waals surface area contributed by atoms with Gasteiger partial charge in [-0.3, -0.25) is 4.79 Å². The summed E-state index contributed by atoms with van der Waals surface area (Å²) in [5.41, 5.74) is 2.01. The number of anilines is 1. The molecule has 0 spiro atoms. The molecule has 1 aromatic rings. The Balaban J connectivity index is 2.50. The molecular formula is C15H24N2O2. The monoisotopic (exact) mass is 264 g/mol. The van der Waals surface area contributed by atoms with Crippen LogP contribution in [0.4, 0.5) is 5.69 Å². The van der Waals surface area contributed by atoms with Crippen molar-refractivity contribution in [1.29, 1.82) is 0 Å². The van der Waals surface area contributed by atoms with Crippen LogP contribution >= 0.6 is 0 Å². The number of ether oxygens (including phenoxy) is 1. The van der Waals surface area contributed by atoms with Gasteiger partial charge in [-0.25, -0.2) is 0 Å². The van der Waals surface area contributed by atoms with Crippen molar-refractivity contribution in [2.45, 2.75) is 33.7 Å². The quantitative estimate of drug-likeness (QED) is 0.830. The first kappa shape index (κ1) is 15.3. The van der Waals surface area contributed by atoms with Crippen LogP contribution in [0.25, 0.3) is 0 Å². The highest BCUT2D eigenvalue weighted by atomic mass is 16.5. The fraction of sp³-hybridized carbons (Fsp3) is 0.533. The Labute approximate surface area is 115 Å². The Morgan fingerprint density at radius 3 is 2.53 bits per heavy atom. The number of rotatable bonds is 6. The first-order valence-corrected chi connectivity index (χ1v) is 6.62. The third-order valence-corrected chi connectivity index (χ3v) is 3.26. The van der Waals surface area contributed by atoms with Crippen molar-refractivity contribution in [2.24, 2.45) is 5.92 Å². The third kappa shape index (κ3) is 4.81. The van der Waals surface area contributed by atoms with E-state index in [1.807, 2.05) is 32.0 Å². The maximum Gasteiger partial charge on any atom is 0.239 e. The van der Waals surface area contributed by atoms with E-state index in [0.717, 1.165) is 17.0 Å². The van der Waals surface area contributed by atoms with Crippen LogP contribution in [0, 0.1) is 12.8 Å². The second-order valence-electron chi connectivity index (χ2n) is 5.13. The Morgan fingerprint density at radius 2 is 2.00 bits per heavy atom. The van der Waals surface area contributed by atoms with E-state index in [0.29, 0.717) is 5.92 Å². The molecule has 2 N–H and O–H groups in total. The highest BCUT2D eigenvalue weighted by molar-refractivity contribution is 5.81. The molecule has 0 aromatic heterocycles. The van der Waals surface area contributed by atoms with Crippen molar-refractivity contribution in [3.05, 3.63) is 23.8 Å². The van der Waals surface area contributed by atoms with E-state index in [-0.39, 0.29) is 18.5 Å². The zero-order chi connectivity index (χ0) is 14.4. The van der Waals surface area contributed by atoms with E-state index in [2.05, 4.69) is 24.5 Å². The van der Waals surface area contributed by atoms with Crippen molar-refractivity contribution >= 4 is 11.6 Å². The molecule has 0 radical (unpaired) electrons. The summed E-state index contributed by atoms with van der Waals surface area (Å²) in [7, 11) is 1.64. The molecule has 0 saturated heterocycles. The highest BCUT2D eigenvalue weighted by Gasteiger charge is 2.10. The molecule has 0 aliphatic heterocycles. The van der Waals surface area contributed by atoms with Crippen molar-refractivity contribution in [2.75, 3.05) is 19.0 Å². The minimum absolute atomic E-state index is 0.0106. The van der Waals surface area contributed by atoms with Gasteiger partial charge in [0, 0.05) is 11.7 Å². The molecule has 1 aromatic carbocycles. The van der Waals surface area contributed by atoms with Gasteiger partial charge in [0.05, 0.1) is 13.7 Å². The summed E-state index contributed by atoms with van der Waals surface area (Å²) >= 11 is 0. The summed E-state index contributed by atoms with van der Waals surface area (Å²) in [5.74, 6) is 1.27. The summed E-state index contributed by atoms with van der Waals surface area (Å²) in [6.07, 6.45) is 0. The van der Waals surface area contributed by atoms with Gasteiger partial charge in [-0.15, -0.1) is 0 Å². The van der Waals surface area contributed by atoms with Crippen LogP contribution < -0.4 is 15.4 Å². The van der Waals surface area contributed by atoms with Crippen molar-refractivity contribution in [1.82, 2.24) is 5.32 Å². The SMILES string of the molecule is COc1ccc(NCC(=O)NC(C)C(C)C)c(C)c1. The molecule has 0 bridgehead atoms. The van der Waals surface area contributed by atoms with Crippen LogP contribution in [0.15, 0.2) is 18.2 Å². The first-order valence-electron chi connectivity index (χ1n) is 6.62. The first-order chi connectivity index (χ1) is 8.93. The Bertz CT molecular complexity index is 430. The highest BCUT2D eigenvalue weighted by Crippen LogP contribution is 2.20. The molecule has 4 heteroatoms. The Morgan fingerprint density at radius 1 is 1.32 bits per heavy atom. The Kier molecular flexibility index (Phi) is 5.67. The maximum atomic E-state index is 11.8. The zero-order valence-corrected chi connectivity index (χ0v) is 12.4. The van der Waals surface area contributed by atoms with E-state index in [1.54, 1.807) is 7.11 Å². The van der Waals surface area contributed by atoms with Crippen LogP contribution in [0.1, 0.15) is 26.3 Å². The molecule has 0 aliphatic rings. The van der Waals surface area contributed by atoms with Gasteiger partial charge < -0.3 is 15.4 Å². The molecule has 0 heterocycles. The standard InChI is InChI=1S/C15H24N2O2/c1-10(2)12(4)17-15(18)9-16-14-7-6-13(19-5)8-11(14)3/h6-8,10,12,16H,9H2,1-5H3,(H,17,18). The summed E-state index contributed by atoms with van der Waals surface area (Å²) in [5, 5.41) is 6.11. The van der Waals surface area contributed by atoms with E-state index in [4.69, 9.17) is 4.74 Å².